The van der Waals surface area contributed by atoms with E-state index < -0.39 is 12.1 Å². The maximum Gasteiger partial charge on any atom is 0.344 e. The van der Waals surface area contributed by atoms with Crippen molar-refractivity contribution in [1.82, 2.24) is 0 Å². The van der Waals surface area contributed by atoms with Crippen LogP contribution >= 0.6 is 67.8 Å². The van der Waals surface area contributed by atoms with Crippen molar-refractivity contribution in [3.63, 3.8) is 0 Å². The molecule has 15 heavy (non-hydrogen) atoms. The van der Waals surface area contributed by atoms with Gasteiger partial charge < -0.3 is 9.84 Å². The Hall–Kier alpha value is 0.680. The van der Waals surface area contributed by atoms with E-state index in [1.165, 1.54) is 6.92 Å². The van der Waals surface area contributed by atoms with Crippen LogP contribution in [0.25, 0.3) is 0 Å². The maximum absolute atomic E-state index is 10.7. The number of carbonyl (C=O) groups is 1. The molecule has 0 radical (unpaired) electrons. The normalized spacial score (nSPS) is 12.3. The predicted octanol–water partition coefficient (Wildman–Crippen LogP) is 3.35. The number of hydrogen-bond acceptors (Lipinski definition) is 2. The minimum absolute atomic E-state index is 0.645. The fraction of sp³-hybridized carbons (Fsp3) is 0.222. The molecule has 0 heterocycles. The third-order valence-electron chi connectivity index (χ3n) is 1.61. The zero-order chi connectivity index (χ0) is 11.6. The first kappa shape index (κ1) is 13.7. The Morgan fingerprint density at radius 3 is 2.20 bits per heavy atom. The molecule has 0 aliphatic carbocycles. The summed E-state index contributed by atoms with van der Waals surface area (Å²) in [5, 5.41) is 8.75. The van der Waals surface area contributed by atoms with Crippen LogP contribution in [0, 0.1) is 10.7 Å². The third kappa shape index (κ3) is 3.88. The molecule has 0 spiro atoms. The van der Waals surface area contributed by atoms with Crippen LogP contribution in [0.1, 0.15) is 6.92 Å². The molecular formula is C9H7I3O3. The van der Waals surface area contributed by atoms with Crippen LogP contribution < -0.4 is 4.74 Å². The number of halogens is 3. The van der Waals surface area contributed by atoms with Crippen molar-refractivity contribution < 1.29 is 14.6 Å². The Labute approximate surface area is 128 Å². The van der Waals surface area contributed by atoms with Gasteiger partial charge in [-0.3, -0.25) is 0 Å². The predicted molar refractivity (Wildman–Crippen MR) is 82.3 cm³/mol. The standard InChI is InChI=1S/C9H7I3O3/c1-4(9(13)14)15-8-6(11)2-5(10)3-7(8)12/h2-4H,1H3,(H,13,14). The fourth-order valence-corrected chi connectivity index (χ4v) is 4.71. The molecular weight excluding hydrogens is 537 g/mol. The Morgan fingerprint density at radius 2 is 1.80 bits per heavy atom. The Kier molecular flexibility index (Phi) is 5.36. The van der Waals surface area contributed by atoms with Crippen LogP contribution in [-0.4, -0.2) is 17.2 Å². The molecule has 1 aromatic rings. The van der Waals surface area contributed by atoms with Gasteiger partial charge in [-0.25, -0.2) is 4.79 Å². The molecule has 82 valence electrons. The van der Waals surface area contributed by atoms with E-state index in [0.717, 1.165) is 10.7 Å². The highest BCUT2D eigenvalue weighted by atomic mass is 127. The summed E-state index contributed by atoms with van der Waals surface area (Å²) < 4.78 is 8.34. The second-order valence-electron chi connectivity index (χ2n) is 2.80. The summed E-state index contributed by atoms with van der Waals surface area (Å²) in [6, 6.07) is 3.90. The molecule has 0 amide bonds. The van der Waals surface area contributed by atoms with E-state index in [1.807, 2.05) is 12.1 Å². The third-order valence-corrected chi connectivity index (χ3v) is 3.83. The number of carboxylic acid groups (broad SMARTS) is 1. The summed E-state index contributed by atoms with van der Waals surface area (Å²) in [6.07, 6.45) is -0.827. The van der Waals surface area contributed by atoms with Crippen molar-refractivity contribution in [3.05, 3.63) is 22.8 Å². The summed E-state index contributed by atoms with van der Waals surface area (Å²) >= 11 is 6.50. The number of carboxylic acids is 1. The first-order valence-electron chi connectivity index (χ1n) is 3.96. The molecule has 1 N–H and O–H groups in total. The molecule has 0 saturated carbocycles. The molecule has 3 nitrogen and oxygen atoms in total. The minimum atomic E-state index is -0.958. The Balaban J connectivity index is 3.00. The van der Waals surface area contributed by atoms with Gasteiger partial charge in [0.1, 0.15) is 5.75 Å². The molecule has 1 unspecified atom stereocenters. The van der Waals surface area contributed by atoms with Crippen LogP contribution in [0.4, 0.5) is 0 Å². The van der Waals surface area contributed by atoms with E-state index in [2.05, 4.69) is 67.8 Å². The van der Waals surface area contributed by atoms with Gasteiger partial charge in [-0.2, -0.15) is 0 Å². The smallest absolute Gasteiger partial charge is 0.344 e. The number of ether oxygens (including phenoxy) is 1. The van der Waals surface area contributed by atoms with Crippen LogP contribution in [0.5, 0.6) is 5.75 Å². The highest BCUT2D eigenvalue weighted by molar-refractivity contribution is 14.1. The van der Waals surface area contributed by atoms with E-state index >= 15 is 0 Å². The van der Waals surface area contributed by atoms with Gasteiger partial charge in [0.25, 0.3) is 0 Å². The lowest BCUT2D eigenvalue weighted by atomic mass is 10.3. The molecule has 0 bridgehead atoms. The zero-order valence-corrected chi connectivity index (χ0v) is 14.1. The van der Waals surface area contributed by atoms with E-state index in [1.54, 1.807) is 0 Å². The van der Waals surface area contributed by atoms with Gasteiger partial charge in [0.15, 0.2) is 6.10 Å². The van der Waals surface area contributed by atoms with E-state index in [-0.39, 0.29) is 0 Å². The molecule has 6 heteroatoms. The van der Waals surface area contributed by atoms with Crippen molar-refractivity contribution >= 4 is 73.7 Å². The molecule has 1 aromatic carbocycles. The lowest BCUT2D eigenvalue weighted by molar-refractivity contribution is -0.144. The number of hydrogen-bond donors (Lipinski definition) is 1. The molecule has 0 aliphatic heterocycles. The van der Waals surface area contributed by atoms with Gasteiger partial charge in [0.05, 0.1) is 7.14 Å². The second-order valence-corrected chi connectivity index (χ2v) is 6.37. The van der Waals surface area contributed by atoms with Crippen LogP contribution in [0.15, 0.2) is 12.1 Å². The first-order chi connectivity index (χ1) is 6.91. The first-order valence-corrected chi connectivity index (χ1v) is 7.19. The SMILES string of the molecule is CC(Oc1c(I)cc(I)cc1I)C(=O)O. The summed E-state index contributed by atoms with van der Waals surface area (Å²) in [5.74, 6) is -0.313. The van der Waals surface area contributed by atoms with Gasteiger partial charge in [0.2, 0.25) is 0 Å². The highest BCUT2D eigenvalue weighted by Gasteiger charge is 2.16. The van der Waals surface area contributed by atoms with Crippen molar-refractivity contribution in [1.29, 1.82) is 0 Å². The number of rotatable bonds is 3. The van der Waals surface area contributed by atoms with Crippen molar-refractivity contribution in [2.75, 3.05) is 0 Å². The topological polar surface area (TPSA) is 46.5 Å². The molecule has 0 saturated heterocycles. The molecule has 0 aliphatic rings. The van der Waals surface area contributed by atoms with Crippen molar-refractivity contribution in [2.24, 2.45) is 0 Å². The lowest BCUT2D eigenvalue weighted by Crippen LogP contribution is -2.23. The van der Waals surface area contributed by atoms with Gasteiger partial charge in [-0.1, -0.05) is 0 Å². The fourth-order valence-electron chi connectivity index (χ4n) is 0.869. The summed E-state index contributed by atoms with van der Waals surface area (Å²) in [7, 11) is 0. The molecule has 1 rings (SSSR count). The van der Waals surface area contributed by atoms with Gasteiger partial charge >= 0.3 is 5.97 Å². The average Bonchev–Trinajstić information content (AvgIpc) is 2.10. The Morgan fingerprint density at radius 1 is 1.33 bits per heavy atom. The Bertz CT molecular complexity index is 369. The highest BCUT2D eigenvalue weighted by Crippen LogP contribution is 2.30. The molecule has 1 atom stereocenters. The summed E-state index contributed by atoms with van der Waals surface area (Å²) in [4.78, 5) is 10.7. The minimum Gasteiger partial charge on any atom is -0.479 e. The van der Waals surface area contributed by atoms with E-state index in [9.17, 15) is 4.79 Å². The second kappa shape index (κ2) is 5.84. The monoisotopic (exact) mass is 544 g/mol. The summed E-state index contributed by atoms with van der Waals surface area (Å²) in [5.41, 5.74) is 0. The van der Waals surface area contributed by atoms with Gasteiger partial charge in [0, 0.05) is 3.57 Å². The van der Waals surface area contributed by atoms with Crippen LogP contribution in [0.2, 0.25) is 0 Å². The quantitative estimate of drug-likeness (QED) is 0.595. The van der Waals surface area contributed by atoms with Crippen LogP contribution in [0.3, 0.4) is 0 Å². The molecule has 0 fully saturated rings. The van der Waals surface area contributed by atoms with E-state index in [0.29, 0.717) is 5.75 Å². The van der Waals surface area contributed by atoms with Crippen molar-refractivity contribution in [2.45, 2.75) is 13.0 Å². The van der Waals surface area contributed by atoms with Crippen molar-refractivity contribution in [3.8, 4) is 5.75 Å². The average molecular weight is 544 g/mol. The number of aliphatic carboxylic acids is 1. The largest absolute Gasteiger partial charge is 0.479 e. The number of benzene rings is 1. The molecule has 0 aromatic heterocycles. The zero-order valence-electron chi connectivity index (χ0n) is 7.63. The summed E-state index contributed by atoms with van der Waals surface area (Å²) in [6.45, 7) is 1.52. The maximum atomic E-state index is 10.7. The van der Waals surface area contributed by atoms with Gasteiger partial charge in [-0.15, -0.1) is 0 Å². The lowest BCUT2D eigenvalue weighted by Gasteiger charge is -2.13. The van der Waals surface area contributed by atoms with Gasteiger partial charge in [-0.05, 0) is 86.8 Å². The van der Waals surface area contributed by atoms with Crippen LogP contribution in [-0.2, 0) is 4.79 Å². The van der Waals surface area contributed by atoms with E-state index in [4.69, 9.17) is 9.84 Å².